The van der Waals surface area contributed by atoms with Crippen molar-refractivity contribution in [2.45, 2.75) is 33.3 Å². The summed E-state index contributed by atoms with van der Waals surface area (Å²) >= 11 is 0. The molecule has 1 aromatic heterocycles. The molecule has 1 amide bonds. The van der Waals surface area contributed by atoms with Gasteiger partial charge in [0.05, 0.1) is 6.10 Å². The van der Waals surface area contributed by atoms with E-state index in [1.165, 1.54) is 16.8 Å². The molecule has 0 radical (unpaired) electrons. The number of rotatable bonds is 6. The first kappa shape index (κ1) is 18.1. The van der Waals surface area contributed by atoms with Crippen LogP contribution in [0.2, 0.25) is 0 Å². The van der Waals surface area contributed by atoms with E-state index in [-0.39, 0.29) is 17.9 Å². The molecule has 1 atom stereocenters. The van der Waals surface area contributed by atoms with Crippen LogP contribution in [0.1, 0.15) is 36.5 Å². The number of amides is 1. The lowest BCUT2D eigenvalue weighted by Gasteiger charge is -2.13. The van der Waals surface area contributed by atoms with E-state index in [4.69, 9.17) is 0 Å². The monoisotopic (exact) mass is 337 g/mol. The standard InChI is InChI=1S/C17H21F2N3O2/c1-10(2)6-13(23)9-20-17(24)15-7-11(3)22(21-15)16-5-4-12(18)8-14(16)19/h4-5,7-8,10,13,23H,6,9H2,1-3H3,(H,20,24). The first-order valence-corrected chi connectivity index (χ1v) is 7.76. The Balaban J connectivity index is 2.12. The molecule has 0 aliphatic rings. The number of aliphatic hydroxyl groups excluding tert-OH is 1. The number of aliphatic hydroxyl groups is 1. The summed E-state index contributed by atoms with van der Waals surface area (Å²) in [5, 5.41) is 16.5. The number of hydrogen-bond acceptors (Lipinski definition) is 3. The third kappa shape index (κ3) is 4.38. The van der Waals surface area contributed by atoms with Gasteiger partial charge in [-0.05, 0) is 37.5 Å². The van der Waals surface area contributed by atoms with Crippen LogP contribution in [0, 0.1) is 24.5 Å². The Labute approximate surface area is 139 Å². The van der Waals surface area contributed by atoms with Crippen molar-refractivity contribution < 1.29 is 18.7 Å². The number of carbonyl (C=O) groups is 1. The summed E-state index contributed by atoms with van der Waals surface area (Å²) in [4.78, 5) is 12.1. The molecule has 0 saturated carbocycles. The molecule has 2 rings (SSSR count). The third-order valence-electron chi connectivity index (χ3n) is 3.50. The smallest absolute Gasteiger partial charge is 0.271 e. The van der Waals surface area contributed by atoms with Crippen LogP contribution in [0.3, 0.4) is 0 Å². The maximum atomic E-state index is 13.9. The summed E-state index contributed by atoms with van der Waals surface area (Å²) < 4.78 is 28.1. The van der Waals surface area contributed by atoms with Gasteiger partial charge in [-0.1, -0.05) is 13.8 Å². The van der Waals surface area contributed by atoms with Gasteiger partial charge in [-0.15, -0.1) is 0 Å². The second-order valence-electron chi connectivity index (χ2n) is 6.17. The molecule has 130 valence electrons. The highest BCUT2D eigenvalue weighted by Crippen LogP contribution is 2.17. The molecule has 0 fully saturated rings. The first-order chi connectivity index (χ1) is 11.3. The van der Waals surface area contributed by atoms with Gasteiger partial charge in [0.25, 0.3) is 5.91 Å². The first-order valence-electron chi connectivity index (χ1n) is 7.76. The summed E-state index contributed by atoms with van der Waals surface area (Å²) in [5.41, 5.74) is 0.703. The molecule has 24 heavy (non-hydrogen) atoms. The van der Waals surface area contributed by atoms with Crippen molar-refractivity contribution in [3.63, 3.8) is 0 Å². The minimum atomic E-state index is -0.763. The average molecular weight is 337 g/mol. The zero-order valence-electron chi connectivity index (χ0n) is 13.9. The van der Waals surface area contributed by atoms with Crippen molar-refractivity contribution in [3.05, 3.63) is 47.3 Å². The fourth-order valence-corrected chi connectivity index (χ4v) is 2.41. The van der Waals surface area contributed by atoms with E-state index in [0.717, 1.165) is 12.1 Å². The lowest BCUT2D eigenvalue weighted by molar-refractivity contribution is 0.0895. The molecule has 1 aromatic carbocycles. The second kappa shape index (κ2) is 7.53. The number of carbonyl (C=O) groups excluding carboxylic acids is 1. The summed E-state index contributed by atoms with van der Waals surface area (Å²) in [5.74, 6) is -1.58. The van der Waals surface area contributed by atoms with Crippen molar-refractivity contribution >= 4 is 5.91 Å². The Hall–Kier alpha value is -2.28. The fourth-order valence-electron chi connectivity index (χ4n) is 2.41. The van der Waals surface area contributed by atoms with Gasteiger partial charge in [0.1, 0.15) is 11.5 Å². The van der Waals surface area contributed by atoms with E-state index in [1.54, 1.807) is 6.92 Å². The number of hydrogen-bond donors (Lipinski definition) is 2. The average Bonchev–Trinajstić information content (AvgIpc) is 2.86. The predicted octanol–water partition coefficient (Wildman–Crippen LogP) is 2.60. The van der Waals surface area contributed by atoms with E-state index >= 15 is 0 Å². The number of nitrogens with one attached hydrogen (secondary N) is 1. The highest BCUT2D eigenvalue weighted by Gasteiger charge is 2.17. The minimum absolute atomic E-state index is 0.0628. The lowest BCUT2D eigenvalue weighted by atomic mass is 10.1. The molecule has 1 heterocycles. The minimum Gasteiger partial charge on any atom is -0.391 e. The van der Waals surface area contributed by atoms with E-state index in [2.05, 4.69) is 10.4 Å². The van der Waals surface area contributed by atoms with Gasteiger partial charge >= 0.3 is 0 Å². The molecular weight excluding hydrogens is 316 g/mol. The molecule has 5 nitrogen and oxygen atoms in total. The molecule has 2 aromatic rings. The van der Waals surface area contributed by atoms with Crippen LogP contribution in [0.4, 0.5) is 8.78 Å². The van der Waals surface area contributed by atoms with Gasteiger partial charge in [0.15, 0.2) is 11.5 Å². The van der Waals surface area contributed by atoms with Gasteiger partial charge < -0.3 is 10.4 Å². The van der Waals surface area contributed by atoms with Crippen LogP contribution in [0.25, 0.3) is 5.69 Å². The van der Waals surface area contributed by atoms with Gasteiger partial charge in [-0.25, -0.2) is 13.5 Å². The molecule has 7 heteroatoms. The SMILES string of the molecule is Cc1cc(C(=O)NCC(O)CC(C)C)nn1-c1ccc(F)cc1F. The topological polar surface area (TPSA) is 67.2 Å². The Bertz CT molecular complexity index is 729. The molecule has 1 unspecified atom stereocenters. The zero-order valence-corrected chi connectivity index (χ0v) is 13.9. The van der Waals surface area contributed by atoms with E-state index in [1.807, 2.05) is 13.8 Å². The number of nitrogens with zero attached hydrogens (tertiary/aromatic N) is 2. The van der Waals surface area contributed by atoms with Crippen molar-refractivity contribution in [2.24, 2.45) is 5.92 Å². The van der Waals surface area contributed by atoms with Crippen molar-refractivity contribution in [1.82, 2.24) is 15.1 Å². The Morgan fingerprint density at radius 2 is 2.04 bits per heavy atom. The lowest BCUT2D eigenvalue weighted by Crippen LogP contribution is -2.33. The normalized spacial score (nSPS) is 12.5. The number of aryl methyl sites for hydroxylation is 1. The molecular formula is C17H21F2N3O2. The highest BCUT2D eigenvalue weighted by molar-refractivity contribution is 5.92. The van der Waals surface area contributed by atoms with E-state index in [0.29, 0.717) is 18.0 Å². The van der Waals surface area contributed by atoms with Crippen LogP contribution in [-0.4, -0.2) is 33.4 Å². The molecule has 0 aliphatic carbocycles. The van der Waals surface area contributed by atoms with Gasteiger partial charge in [-0.2, -0.15) is 5.10 Å². The summed E-state index contributed by atoms with van der Waals surface area (Å²) in [6, 6.07) is 4.66. The molecule has 0 bridgehead atoms. The van der Waals surface area contributed by atoms with Crippen molar-refractivity contribution in [2.75, 3.05) is 6.54 Å². The highest BCUT2D eigenvalue weighted by atomic mass is 19.1. The number of benzene rings is 1. The largest absolute Gasteiger partial charge is 0.391 e. The van der Waals surface area contributed by atoms with Gasteiger partial charge in [0.2, 0.25) is 0 Å². The summed E-state index contributed by atoms with van der Waals surface area (Å²) in [6.07, 6.45) is -0.0548. The number of aromatic nitrogens is 2. The van der Waals surface area contributed by atoms with E-state index in [9.17, 15) is 18.7 Å². The second-order valence-corrected chi connectivity index (χ2v) is 6.17. The van der Waals surface area contributed by atoms with Crippen LogP contribution in [-0.2, 0) is 0 Å². The molecule has 0 saturated heterocycles. The van der Waals surface area contributed by atoms with Crippen molar-refractivity contribution in [1.29, 1.82) is 0 Å². The number of halogens is 2. The Morgan fingerprint density at radius 1 is 1.33 bits per heavy atom. The maximum absolute atomic E-state index is 13.9. The Morgan fingerprint density at radius 3 is 2.67 bits per heavy atom. The van der Waals surface area contributed by atoms with Crippen LogP contribution in [0.15, 0.2) is 24.3 Å². The van der Waals surface area contributed by atoms with Crippen LogP contribution in [0.5, 0.6) is 0 Å². The van der Waals surface area contributed by atoms with Crippen molar-refractivity contribution in [3.8, 4) is 5.69 Å². The van der Waals surface area contributed by atoms with Crippen LogP contribution >= 0.6 is 0 Å². The molecule has 0 aliphatic heterocycles. The Kier molecular flexibility index (Phi) is 5.66. The molecule has 0 spiro atoms. The van der Waals surface area contributed by atoms with Gasteiger partial charge in [-0.3, -0.25) is 4.79 Å². The van der Waals surface area contributed by atoms with Crippen LogP contribution < -0.4 is 5.32 Å². The molecule has 2 N–H and O–H groups in total. The summed E-state index contributed by atoms with van der Waals surface area (Å²) in [7, 11) is 0. The van der Waals surface area contributed by atoms with Gasteiger partial charge in [0, 0.05) is 18.3 Å². The predicted molar refractivity (Wildman–Crippen MR) is 86.0 cm³/mol. The quantitative estimate of drug-likeness (QED) is 0.851. The summed E-state index contributed by atoms with van der Waals surface area (Å²) in [6.45, 7) is 5.74. The third-order valence-corrected chi connectivity index (χ3v) is 3.50. The fraction of sp³-hybridized carbons (Fsp3) is 0.412. The van der Waals surface area contributed by atoms with E-state index < -0.39 is 23.6 Å². The zero-order chi connectivity index (χ0) is 17.9. The maximum Gasteiger partial charge on any atom is 0.271 e.